The van der Waals surface area contributed by atoms with Crippen molar-refractivity contribution in [1.29, 1.82) is 0 Å². The monoisotopic (exact) mass is 584 g/mol. The zero-order chi connectivity index (χ0) is 23.7. The molecule has 1 fully saturated rings. The van der Waals surface area contributed by atoms with E-state index in [0.717, 1.165) is 16.7 Å². The fourth-order valence-corrected chi connectivity index (χ4v) is 4.57. The van der Waals surface area contributed by atoms with Crippen molar-refractivity contribution in [3.8, 4) is 11.3 Å². The SMILES string of the molecule is O=C(CN1C(=O)S/C(=C/c2ccc(-c3cc(Cl)ccc3Cl)o2)C1=O)Nc1ccc(Br)c(Cl)c1. The molecule has 3 amide bonds. The summed E-state index contributed by atoms with van der Waals surface area (Å²) in [4.78, 5) is 38.4. The Balaban J connectivity index is 1.46. The number of halogens is 4. The lowest BCUT2D eigenvalue weighted by atomic mass is 10.2. The molecule has 0 aliphatic carbocycles. The van der Waals surface area contributed by atoms with Gasteiger partial charge in [-0.1, -0.05) is 34.8 Å². The number of imide groups is 1. The molecule has 1 aliphatic heterocycles. The molecule has 0 radical (unpaired) electrons. The number of furan rings is 1. The number of nitrogens with one attached hydrogen (secondary N) is 1. The van der Waals surface area contributed by atoms with Crippen LogP contribution in [-0.4, -0.2) is 28.5 Å². The van der Waals surface area contributed by atoms with Crippen molar-refractivity contribution in [1.82, 2.24) is 4.90 Å². The van der Waals surface area contributed by atoms with Crippen LogP contribution >= 0.6 is 62.5 Å². The number of hydrogen-bond acceptors (Lipinski definition) is 5. The Bertz CT molecular complexity index is 1320. The van der Waals surface area contributed by atoms with Crippen LogP contribution in [0.25, 0.3) is 17.4 Å². The minimum absolute atomic E-state index is 0.137. The molecule has 4 rings (SSSR count). The molecule has 168 valence electrons. The molecule has 0 unspecified atom stereocenters. The molecule has 1 saturated heterocycles. The van der Waals surface area contributed by atoms with Crippen molar-refractivity contribution in [2.75, 3.05) is 11.9 Å². The predicted molar refractivity (Wildman–Crippen MR) is 135 cm³/mol. The molecule has 0 bridgehead atoms. The van der Waals surface area contributed by atoms with Crippen LogP contribution in [0, 0.1) is 0 Å². The molecule has 2 heterocycles. The highest BCUT2D eigenvalue weighted by Gasteiger charge is 2.36. The molecule has 3 aromatic rings. The number of rotatable bonds is 5. The second kappa shape index (κ2) is 9.95. The van der Waals surface area contributed by atoms with E-state index in [1.165, 1.54) is 6.08 Å². The van der Waals surface area contributed by atoms with Gasteiger partial charge >= 0.3 is 0 Å². The number of carbonyl (C=O) groups is 3. The molecular formula is C22H12BrCl3N2O4S. The summed E-state index contributed by atoms with van der Waals surface area (Å²) in [5.74, 6) is -0.318. The van der Waals surface area contributed by atoms with Gasteiger partial charge in [0.15, 0.2) is 0 Å². The van der Waals surface area contributed by atoms with Gasteiger partial charge in [0.25, 0.3) is 11.1 Å². The largest absolute Gasteiger partial charge is 0.457 e. The van der Waals surface area contributed by atoms with Gasteiger partial charge in [-0.15, -0.1) is 0 Å². The highest BCUT2D eigenvalue weighted by Crippen LogP contribution is 2.35. The molecule has 33 heavy (non-hydrogen) atoms. The fraction of sp³-hybridized carbons (Fsp3) is 0.0455. The van der Waals surface area contributed by atoms with Crippen molar-refractivity contribution in [3.63, 3.8) is 0 Å². The molecule has 2 aromatic carbocycles. The van der Waals surface area contributed by atoms with Gasteiger partial charge in [-0.2, -0.15) is 0 Å². The first-order valence-electron chi connectivity index (χ1n) is 9.27. The van der Waals surface area contributed by atoms with Gasteiger partial charge in [0, 0.05) is 26.8 Å². The van der Waals surface area contributed by atoms with Crippen molar-refractivity contribution >= 4 is 91.3 Å². The van der Waals surface area contributed by atoms with E-state index >= 15 is 0 Å². The molecule has 0 atom stereocenters. The summed E-state index contributed by atoms with van der Waals surface area (Å²) in [5, 5.41) is 3.43. The second-order valence-electron chi connectivity index (χ2n) is 6.77. The van der Waals surface area contributed by atoms with Crippen LogP contribution in [0.4, 0.5) is 10.5 Å². The lowest BCUT2D eigenvalue weighted by molar-refractivity contribution is -0.127. The van der Waals surface area contributed by atoms with Gasteiger partial charge in [0.2, 0.25) is 5.91 Å². The van der Waals surface area contributed by atoms with E-state index in [1.54, 1.807) is 48.5 Å². The van der Waals surface area contributed by atoms with E-state index in [2.05, 4.69) is 21.2 Å². The van der Waals surface area contributed by atoms with Gasteiger partial charge in [0.05, 0.1) is 15.0 Å². The molecule has 1 N–H and O–H groups in total. The van der Waals surface area contributed by atoms with Crippen LogP contribution < -0.4 is 5.32 Å². The van der Waals surface area contributed by atoms with Gasteiger partial charge in [0.1, 0.15) is 18.1 Å². The fourth-order valence-electron chi connectivity index (χ4n) is 2.94. The van der Waals surface area contributed by atoms with Gasteiger partial charge < -0.3 is 9.73 Å². The maximum absolute atomic E-state index is 12.7. The third-order valence-electron chi connectivity index (χ3n) is 4.47. The number of nitrogens with zero attached hydrogens (tertiary/aromatic N) is 1. The molecule has 6 nitrogen and oxygen atoms in total. The number of carbonyl (C=O) groups excluding carboxylic acids is 3. The molecule has 0 saturated carbocycles. The average Bonchev–Trinajstić information content (AvgIpc) is 3.33. The standard InChI is InChI=1S/C22H12BrCl3N2O4S/c23-15-4-2-12(8-17(15)26)27-20(29)10-28-21(30)19(33-22(28)31)9-13-3-6-18(32-13)14-7-11(24)1-5-16(14)25/h1-9H,10H2,(H,27,29)/b19-9+. The van der Waals surface area contributed by atoms with E-state index in [9.17, 15) is 14.4 Å². The minimum atomic E-state index is -0.590. The molecule has 1 aliphatic rings. The molecular weight excluding hydrogens is 575 g/mol. The third-order valence-corrected chi connectivity index (χ3v) is 7.18. The van der Waals surface area contributed by atoms with E-state index in [-0.39, 0.29) is 4.91 Å². The number of thioether (sulfide) groups is 1. The normalized spacial score (nSPS) is 14.9. The van der Waals surface area contributed by atoms with Crippen molar-refractivity contribution in [2.24, 2.45) is 0 Å². The van der Waals surface area contributed by atoms with E-state index in [0.29, 0.717) is 42.3 Å². The van der Waals surface area contributed by atoms with E-state index in [1.807, 2.05) is 0 Å². The number of amides is 3. The van der Waals surface area contributed by atoms with Gasteiger partial charge in [-0.25, -0.2) is 0 Å². The Labute approximate surface area is 216 Å². The number of hydrogen-bond donors (Lipinski definition) is 1. The summed E-state index contributed by atoms with van der Waals surface area (Å²) in [6.45, 7) is -0.433. The van der Waals surface area contributed by atoms with Gasteiger partial charge in [-0.3, -0.25) is 19.3 Å². The van der Waals surface area contributed by atoms with Crippen molar-refractivity contribution in [3.05, 3.63) is 78.7 Å². The quantitative estimate of drug-likeness (QED) is 0.317. The summed E-state index contributed by atoms with van der Waals surface area (Å²) in [5.41, 5.74) is 1.04. The maximum atomic E-state index is 12.7. The lowest BCUT2D eigenvalue weighted by Crippen LogP contribution is -2.36. The zero-order valence-electron chi connectivity index (χ0n) is 16.4. The van der Waals surface area contributed by atoms with Crippen LogP contribution in [0.1, 0.15) is 5.76 Å². The first-order chi connectivity index (χ1) is 15.7. The Morgan fingerprint density at radius 3 is 2.61 bits per heavy atom. The van der Waals surface area contributed by atoms with Crippen LogP contribution in [-0.2, 0) is 9.59 Å². The van der Waals surface area contributed by atoms with E-state index < -0.39 is 23.6 Å². The zero-order valence-corrected chi connectivity index (χ0v) is 21.1. The Kier molecular flexibility index (Phi) is 7.21. The van der Waals surface area contributed by atoms with E-state index in [4.69, 9.17) is 39.2 Å². The Hall–Kier alpha value is -2.23. The molecule has 0 spiro atoms. The van der Waals surface area contributed by atoms with Crippen LogP contribution in [0.5, 0.6) is 0 Å². The first kappa shape index (κ1) is 23.9. The lowest BCUT2D eigenvalue weighted by Gasteiger charge is -2.12. The maximum Gasteiger partial charge on any atom is 0.294 e. The van der Waals surface area contributed by atoms with Crippen LogP contribution in [0.15, 0.2) is 62.3 Å². The van der Waals surface area contributed by atoms with Crippen LogP contribution in [0.3, 0.4) is 0 Å². The number of benzene rings is 2. The summed E-state index contributed by atoms with van der Waals surface area (Å²) in [7, 11) is 0. The molecule has 1 aromatic heterocycles. The topological polar surface area (TPSA) is 79.6 Å². The summed E-state index contributed by atoms with van der Waals surface area (Å²) < 4.78 is 6.43. The summed E-state index contributed by atoms with van der Waals surface area (Å²) in [6.07, 6.45) is 1.44. The Morgan fingerprint density at radius 2 is 1.85 bits per heavy atom. The number of anilines is 1. The molecule has 11 heteroatoms. The summed E-state index contributed by atoms with van der Waals surface area (Å²) >= 11 is 22.2. The second-order valence-corrected chi connectivity index (χ2v) is 9.87. The Morgan fingerprint density at radius 1 is 1.06 bits per heavy atom. The highest BCUT2D eigenvalue weighted by molar-refractivity contribution is 9.10. The summed E-state index contributed by atoms with van der Waals surface area (Å²) in [6, 6.07) is 13.2. The van der Waals surface area contributed by atoms with Gasteiger partial charge in [-0.05, 0) is 76.2 Å². The highest BCUT2D eigenvalue weighted by atomic mass is 79.9. The van der Waals surface area contributed by atoms with Crippen molar-refractivity contribution < 1.29 is 18.8 Å². The smallest absolute Gasteiger partial charge is 0.294 e. The third kappa shape index (κ3) is 5.47. The average molecular weight is 587 g/mol. The predicted octanol–water partition coefficient (Wildman–Crippen LogP) is 7.34. The minimum Gasteiger partial charge on any atom is -0.457 e. The van der Waals surface area contributed by atoms with Crippen LogP contribution in [0.2, 0.25) is 15.1 Å². The van der Waals surface area contributed by atoms with Crippen molar-refractivity contribution in [2.45, 2.75) is 0 Å². The first-order valence-corrected chi connectivity index (χ1v) is 12.0.